The van der Waals surface area contributed by atoms with Crippen molar-refractivity contribution in [1.29, 1.82) is 0 Å². The van der Waals surface area contributed by atoms with E-state index in [-0.39, 0.29) is 5.57 Å². The standard InChI is InChI=1S/C14H12N2O3/c1-9(14(18)19)8-12(17)16-11-6-2-4-10-5-3-7-15-13(10)11/h2-8H,1H3,(H,16,17)(H,18,19)/b9-8+. The lowest BCUT2D eigenvalue weighted by molar-refractivity contribution is -0.132. The maximum absolute atomic E-state index is 11.7. The van der Waals surface area contributed by atoms with Crippen LogP contribution in [0.4, 0.5) is 5.69 Å². The summed E-state index contributed by atoms with van der Waals surface area (Å²) in [5.74, 6) is -1.61. The van der Waals surface area contributed by atoms with Gasteiger partial charge in [-0.05, 0) is 19.1 Å². The molecule has 2 N–H and O–H groups in total. The number of hydrogen-bond acceptors (Lipinski definition) is 3. The predicted octanol–water partition coefficient (Wildman–Crippen LogP) is 2.20. The number of carbonyl (C=O) groups is 2. The van der Waals surface area contributed by atoms with E-state index in [9.17, 15) is 9.59 Å². The first-order valence-electron chi connectivity index (χ1n) is 5.64. The lowest BCUT2D eigenvalue weighted by Crippen LogP contribution is -2.11. The Morgan fingerprint density at radius 3 is 2.74 bits per heavy atom. The predicted molar refractivity (Wildman–Crippen MR) is 71.8 cm³/mol. The Morgan fingerprint density at radius 2 is 2.00 bits per heavy atom. The van der Waals surface area contributed by atoms with E-state index in [0.29, 0.717) is 11.2 Å². The second-order valence-corrected chi connectivity index (χ2v) is 4.00. The third kappa shape index (κ3) is 2.95. The van der Waals surface area contributed by atoms with Crippen molar-refractivity contribution in [3.63, 3.8) is 0 Å². The summed E-state index contributed by atoms with van der Waals surface area (Å²) in [7, 11) is 0. The highest BCUT2D eigenvalue weighted by molar-refractivity contribution is 6.07. The lowest BCUT2D eigenvalue weighted by atomic mass is 10.2. The minimum absolute atomic E-state index is 0.0225. The van der Waals surface area contributed by atoms with Crippen LogP contribution in [0.2, 0.25) is 0 Å². The van der Waals surface area contributed by atoms with Crippen LogP contribution in [0.15, 0.2) is 48.2 Å². The molecule has 0 atom stereocenters. The number of para-hydroxylation sites is 1. The van der Waals surface area contributed by atoms with Crippen molar-refractivity contribution in [1.82, 2.24) is 4.98 Å². The summed E-state index contributed by atoms with van der Waals surface area (Å²) in [5.41, 5.74) is 1.20. The second kappa shape index (κ2) is 5.30. The van der Waals surface area contributed by atoms with Crippen LogP contribution < -0.4 is 5.32 Å². The summed E-state index contributed by atoms with van der Waals surface area (Å²) >= 11 is 0. The molecule has 19 heavy (non-hydrogen) atoms. The molecule has 0 aliphatic carbocycles. The third-order valence-electron chi connectivity index (χ3n) is 2.58. The van der Waals surface area contributed by atoms with Crippen LogP contribution in [-0.2, 0) is 9.59 Å². The zero-order valence-electron chi connectivity index (χ0n) is 10.3. The molecule has 2 aromatic rings. The van der Waals surface area contributed by atoms with Gasteiger partial charge in [-0.2, -0.15) is 0 Å². The third-order valence-corrected chi connectivity index (χ3v) is 2.58. The van der Waals surface area contributed by atoms with Gasteiger partial charge in [0.05, 0.1) is 11.2 Å². The van der Waals surface area contributed by atoms with Gasteiger partial charge < -0.3 is 10.4 Å². The first-order chi connectivity index (χ1) is 9.08. The molecule has 0 bridgehead atoms. The molecule has 1 amide bonds. The van der Waals surface area contributed by atoms with Gasteiger partial charge in [-0.3, -0.25) is 9.78 Å². The van der Waals surface area contributed by atoms with Crippen LogP contribution in [0.25, 0.3) is 10.9 Å². The zero-order valence-corrected chi connectivity index (χ0v) is 10.3. The van der Waals surface area contributed by atoms with E-state index in [1.165, 1.54) is 6.92 Å². The van der Waals surface area contributed by atoms with Crippen LogP contribution in [0.1, 0.15) is 6.92 Å². The molecule has 0 unspecified atom stereocenters. The molecule has 0 saturated carbocycles. The summed E-state index contributed by atoms with van der Waals surface area (Å²) in [4.78, 5) is 26.5. The molecular formula is C14H12N2O3. The number of rotatable bonds is 3. The van der Waals surface area contributed by atoms with E-state index < -0.39 is 11.9 Å². The number of carbonyl (C=O) groups excluding carboxylic acids is 1. The molecule has 0 aliphatic rings. The summed E-state index contributed by atoms with van der Waals surface area (Å²) in [6.07, 6.45) is 2.68. The van der Waals surface area contributed by atoms with Crippen molar-refractivity contribution in [3.05, 3.63) is 48.2 Å². The summed E-state index contributed by atoms with van der Waals surface area (Å²) < 4.78 is 0. The van der Waals surface area contributed by atoms with Crippen LogP contribution in [0.3, 0.4) is 0 Å². The number of benzene rings is 1. The number of aromatic nitrogens is 1. The fourth-order valence-electron chi connectivity index (χ4n) is 1.63. The van der Waals surface area contributed by atoms with Crippen LogP contribution in [0, 0.1) is 0 Å². The van der Waals surface area contributed by atoms with Gasteiger partial charge in [-0.1, -0.05) is 18.2 Å². The van der Waals surface area contributed by atoms with E-state index in [4.69, 9.17) is 5.11 Å². The number of anilines is 1. The molecule has 1 heterocycles. The number of hydrogen-bond donors (Lipinski definition) is 2. The highest BCUT2D eigenvalue weighted by Gasteiger charge is 2.07. The molecule has 96 valence electrons. The Balaban J connectivity index is 2.29. The molecule has 0 fully saturated rings. The molecular weight excluding hydrogens is 244 g/mol. The van der Waals surface area contributed by atoms with Crippen LogP contribution in [-0.4, -0.2) is 22.0 Å². The summed E-state index contributed by atoms with van der Waals surface area (Å²) in [6.45, 7) is 1.36. The molecule has 2 rings (SSSR count). The van der Waals surface area contributed by atoms with E-state index >= 15 is 0 Å². The Hall–Kier alpha value is -2.69. The molecule has 0 spiro atoms. The largest absolute Gasteiger partial charge is 0.478 e. The maximum atomic E-state index is 11.7. The molecule has 5 nitrogen and oxygen atoms in total. The molecule has 0 saturated heterocycles. The Kier molecular flexibility index (Phi) is 3.56. The average molecular weight is 256 g/mol. The van der Waals surface area contributed by atoms with Gasteiger partial charge in [0.25, 0.3) is 0 Å². The van der Waals surface area contributed by atoms with Gasteiger partial charge in [0.15, 0.2) is 0 Å². The van der Waals surface area contributed by atoms with Crippen molar-refractivity contribution >= 4 is 28.5 Å². The van der Waals surface area contributed by atoms with Gasteiger partial charge >= 0.3 is 5.97 Å². The quantitative estimate of drug-likeness (QED) is 0.825. The maximum Gasteiger partial charge on any atom is 0.331 e. The number of carboxylic acid groups (broad SMARTS) is 1. The number of amides is 1. The van der Waals surface area contributed by atoms with Crippen LogP contribution >= 0.6 is 0 Å². The summed E-state index contributed by atoms with van der Waals surface area (Å²) in [6, 6.07) is 9.10. The van der Waals surface area contributed by atoms with E-state index in [1.54, 1.807) is 18.3 Å². The van der Waals surface area contributed by atoms with Crippen molar-refractivity contribution in [2.75, 3.05) is 5.32 Å². The number of aliphatic carboxylic acids is 1. The summed E-state index contributed by atoms with van der Waals surface area (Å²) in [5, 5.41) is 12.2. The highest BCUT2D eigenvalue weighted by Crippen LogP contribution is 2.20. The van der Waals surface area contributed by atoms with Crippen molar-refractivity contribution in [2.45, 2.75) is 6.92 Å². The number of pyridine rings is 1. The van der Waals surface area contributed by atoms with Crippen molar-refractivity contribution < 1.29 is 14.7 Å². The smallest absolute Gasteiger partial charge is 0.331 e. The topological polar surface area (TPSA) is 79.3 Å². The normalized spacial score (nSPS) is 11.3. The van der Waals surface area contributed by atoms with Gasteiger partial charge in [-0.15, -0.1) is 0 Å². The fraction of sp³-hybridized carbons (Fsp3) is 0.0714. The van der Waals surface area contributed by atoms with E-state index in [0.717, 1.165) is 11.5 Å². The minimum atomic E-state index is -1.12. The van der Waals surface area contributed by atoms with Crippen molar-refractivity contribution in [3.8, 4) is 0 Å². The number of nitrogens with one attached hydrogen (secondary N) is 1. The Labute approximate surface area is 109 Å². The molecule has 0 aliphatic heterocycles. The SMILES string of the molecule is C/C(=C\C(=O)Nc1cccc2cccnc12)C(=O)O. The number of fused-ring (bicyclic) bond motifs is 1. The highest BCUT2D eigenvalue weighted by atomic mass is 16.4. The number of carboxylic acids is 1. The monoisotopic (exact) mass is 256 g/mol. The molecule has 1 aromatic heterocycles. The Bertz CT molecular complexity index is 672. The van der Waals surface area contributed by atoms with E-state index in [1.807, 2.05) is 18.2 Å². The van der Waals surface area contributed by atoms with Gasteiger partial charge in [0, 0.05) is 23.2 Å². The fourth-order valence-corrected chi connectivity index (χ4v) is 1.63. The first-order valence-corrected chi connectivity index (χ1v) is 5.64. The van der Waals surface area contributed by atoms with Crippen LogP contribution in [0.5, 0.6) is 0 Å². The zero-order chi connectivity index (χ0) is 13.8. The second-order valence-electron chi connectivity index (χ2n) is 4.00. The van der Waals surface area contributed by atoms with Gasteiger partial charge in [-0.25, -0.2) is 4.79 Å². The minimum Gasteiger partial charge on any atom is -0.478 e. The first kappa shape index (κ1) is 12.8. The van der Waals surface area contributed by atoms with Gasteiger partial charge in [0.2, 0.25) is 5.91 Å². The van der Waals surface area contributed by atoms with Gasteiger partial charge in [0.1, 0.15) is 0 Å². The molecule has 1 aromatic carbocycles. The molecule has 0 radical (unpaired) electrons. The van der Waals surface area contributed by atoms with Crippen molar-refractivity contribution in [2.24, 2.45) is 0 Å². The van der Waals surface area contributed by atoms with E-state index in [2.05, 4.69) is 10.3 Å². The average Bonchev–Trinajstić information content (AvgIpc) is 2.39. The molecule has 5 heteroatoms. The number of nitrogens with zero attached hydrogens (tertiary/aromatic N) is 1. The lowest BCUT2D eigenvalue weighted by Gasteiger charge is -2.06. The Morgan fingerprint density at radius 1 is 1.26 bits per heavy atom.